The molecular formula is C16H19N3O2. The molecule has 1 aromatic carbocycles. The standard InChI is InChI=1S/C16H19N3O2/c20-16-13-11-17-9-8-14(13)18-15(19-16)7-4-10-21-12-5-2-1-3-6-12/h1-3,5-6,17H,4,7-11H2,(H,18,19,20). The monoisotopic (exact) mass is 285 g/mol. The van der Waals surface area contributed by atoms with Crippen molar-refractivity contribution in [2.24, 2.45) is 0 Å². The van der Waals surface area contributed by atoms with Gasteiger partial charge in [-0.2, -0.15) is 0 Å². The minimum atomic E-state index is -0.00817. The van der Waals surface area contributed by atoms with Crippen LogP contribution in [0.1, 0.15) is 23.5 Å². The summed E-state index contributed by atoms with van der Waals surface area (Å²) in [5, 5.41) is 3.19. The second-order valence-corrected chi connectivity index (χ2v) is 5.13. The lowest BCUT2D eigenvalue weighted by Gasteiger charge is -2.15. The number of benzene rings is 1. The van der Waals surface area contributed by atoms with Gasteiger partial charge in [-0.25, -0.2) is 4.98 Å². The predicted molar refractivity (Wildman–Crippen MR) is 80.5 cm³/mol. The summed E-state index contributed by atoms with van der Waals surface area (Å²) in [5.74, 6) is 1.63. The third-order valence-electron chi connectivity index (χ3n) is 3.56. The highest BCUT2D eigenvalue weighted by atomic mass is 16.5. The molecule has 1 aromatic heterocycles. The van der Waals surface area contributed by atoms with Gasteiger partial charge in [-0.15, -0.1) is 0 Å². The maximum Gasteiger partial charge on any atom is 0.255 e. The number of aromatic amines is 1. The SMILES string of the molecule is O=c1[nH]c(CCCOc2ccccc2)nc2c1CNCC2. The number of hydrogen-bond acceptors (Lipinski definition) is 4. The molecule has 0 amide bonds. The van der Waals surface area contributed by atoms with Crippen molar-refractivity contribution in [2.45, 2.75) is 25.8 Å². The van der Waals surface area contributed by atoms with E-state index in [1.54, 1.807) is 0 Å². The van der Waals surface area contributed by atoms with Gasteiger partial charge in [0.2, 0.25) is 0 Å². The van der Waals surface area contributed by atoms with E-state index in [1.165, 1.54) is 0 Å². The molecule has 0 bridgehead atoms. The number of ether oxygens (including phenoxy) is 1. The van der Waals surface area contributed by atoms with Gasteiger partial charge < -0.3 is 15.0 Å². The largest absolute Gasteiger partial charge is 0.494 e. The third kappa shape index (κ3) is 3.49. The first kappa shape index (κ1) is 13.8. The molecule has 0 saturated carbocycles. The van der Waals surface area contributed by atoms with E-state index in [-0.39, 0.29) is 5.56 Å². The Morgan fingerprint density at radius 1 is 1.24 bits per heavy atom. The van der Waals surface area contributed by atoms with Crippen LogP contribution in [0.2, 0.25) is 0 Å². The van der Waals surface area contributed by atoms with Gasteiger partial charge in [-0.05, 0) is 18.6 Å². The van der Waals surface area contributed by atoms with Crippen molar-refractivity contribution < 1.29 is 4.74 Å². The fourth-order valence-electron chi connectivity index (χ4n) is 2.47. The molecule has 5 heteroatoms. The van der Waals surface area contributed by atoms with Crippen molar-refractivity contribution >= 4 is 0 Å². The number of para-hydroxylation sites is 1. The van der Waals surface area contributed by atoms with E-state index in [2.05, 4.69) is 15.3 Å². The van der Waals surface area contributed by atoms with Gasteiger partial charge in [0, 0.05) is 25.9 Å². The van der Waals surface area contributed by atoms with Crippen LogP contribution in [0.3, 0.4) is 0 Å². The van der Waals surface area contributed by atoms with Gasteiger partial charge >= 0.3 is 0 Å². The molecule has 110 valence electrons. The summed E-state index contributed by atoms with van der Waals surface area (Å²) in [4.78, 5) is 19.4. The maximum atomic E-state index is 12.0. The van der Waals surface area contributed by atoms with Crippen LogP contribution in [-0.4, -0.2) is 23.1 Å². The molecule has 3 rings (SSSR count). The van der Waals surface area contributed by atoms with Gasteiger partial charge in [0.15, 0.2) is 0 Å². The van der Waals surface area contributed by atoms with Crippen molar-refractivity contribution in [1.82, 2.24) is 15.3 Å². The quantitative estimate of drug-likeness (QED) is 0.816. The second-order valence-electron chi connectivity index (χ2n) is 5.13. The van der Waals surface area contributed by atoms with Crippen LogP contribution in [-0.2, 0) is 19.4 Å². The van der Waals surface area contributed by atoms with Crippen LogP contribution in [0.25, 0.3) is 0 Å². The lowest BCUT2D eigenvalue weighted by Crippen LogP contribution is -2.32. The van der Waals surface area contributed by atoms with Crippen LogP contribution >= 0.6 is 0 Å². The topological polar surface area (TPSA) is 67.0 Å². The average Bonchev–Trinajstić information content (AvgIpc) is 2.53. The second kappa shape index (κ2) is 6.54. The summed E-state index contributed by atoms with van der Waals surface area (Å²) >= 11 is 0. The van der Waals surface area contributed by atoms with E-state index in [4.69, 9.17) is 4.74 Å². The highest BCUT2D eigenvalue weighted by Gasteiger charge is 2.14. The molecule has 2 aromatic rings. The highest BCUT2D eigenvalue weighted by Crippen LogP contribution is 2.10. The number of fused-ring (bicyclic) bond motifs is 1. The Kier molecular flexibility index (Phi) is 4.31. The zero-order chi connectivity index (χ0) is 14.5. The fourth-order valence-corrected chi connectivity index (χ4v) is 2.47. The first-order chi connectivity index (χ1) is 10.3. The first-order valence-electron chi connectivity index (χ1n) is 7.32. The van der Waals surface area contributed by atoms with Crippen LogP contribution < -0.4 is 15.6 Å². The maximum absolute atomic E-state index is 12.0. The molecule has 0 unspecified atom stereocenters. The summed E-state index contributed by atoms with van der Waals surface area (Å²) in [6.07, 6.45) is 2.38. The van der Waals surface area contributed by atoms with Gasteiger partial charge in [0.05, 0.1) is 17.9 Å². The number of hydrogen-bond donors (Lipinski definition) is 2. The van der Waals surface area contributed by atoms with Crippen LogP contribution in [0, 0.1) is 0 Å². The van der Waals surface area contributed by atoms with Gasteiger partial charge in [0.1, 0.15) is 11.6 Å². The van der Waals surface area contributed by atoms with E-state index < -0.39 is 0 Å². The number of nitrogens with one attached hydrogen (secondary N) is 2. The Hall–Kier alpha value is -2.14. The zero-order valence-corrected chi connectivity index (χ0v) is 11.9. The number of nitrogens with zero attached hydrogens (tertiary/aromatic N) is 1. The number of H-pyrrole nitrogens is 1. The fraction of sp³-hybridized carbons (Fsp3) is 0.375. The molecule has 1 aliphatic heterocycles. The van der Waals surface area contributed by atoms with Gasteiger partial charge in [0.25, 0.3) is 5.56 Å². The van der Waals surface area contributed by atoms with Gasteiger partial charge in [-0.3, -0.25) is 4.79 Å². The molecule has 5 nitrogen and oxygen atoms in total. The summed E-state index contributed by atoms with van der Waals surface area (Å²) < 4.78 is 5.64. The smallest absolute Gasteiger partial charge is 0.255 e. The molecule has 2 heterocycles. The van der Waals surface area contributed by atoms with Crippen molar-refractivity contribution in [3.8, 4) is 5.75 Å². The molecule has 1 aliphatic rings. The molecule has 21 heavy (non-hydrogen) atoms. The molecule has 0 atom stereocenters. The Balaban J connectivity index is 1.56. The highest BCUT2D eigenvalue weighted by molar-refractivity contribution is 5.21. The summed E-state index contributed by atoms with van der Waals surface area (Å²) in [5.41, 5.74) is 1.72. The van der Waals surface area contributed by atoms with Crippen LogP contribution in [0.15, 0.2) is 35.1 Å². The third-order valence-corrected chi connectivity index (χ3v) is 3.56. The zero-order valence-electron chi connectivity index (χ0n) is 11.9. The minimum absolute atomic E-state index is 0.00817. The lowest BCUT2D eigenvalue weighted by atomic mass is 10.1. The molecule has 0 fully saturated rings. The Morgan fingerprint density at radius 2 is 2.10 bits per heavy atom. The lowest BCUT2D eigenvalue weighted by molar-refractivity contribution is 0.309. The van der Waals surface area contributed by atoms with Crippen molar-refractivity contribution in [3.05, 3.63) is 57.8 Å². The Labute approximate surface area is 123 Å². The molecular weight excluding hydrogens is 266 g/mol. The van der Waals surface area contributed by atoms with E-state index >= 15 is 0 Å². The number of rotatable bonds is 5. The normalized spacial score (nSPS) is 13.7. The van der Waals surface area contributed by atoms with Gasteiger partial charge in [-0.1, -0.05) is 18.2 Å². The van der Waals surface area contributed by atoms with E-state index in [0.29, 0.717) is 13.2 Å². The molecule has 0 spiro atoms. The van der Waals surface area contributed by atoms with E-state index in [9.17, 15) is 4.79 Å². The predicted octanol–water partition coefficient (Wildman–Crippen LogP) is 1.43. The summed E-state index contributed by atoms with van der Waals surface area (Å²) in [6, 6.07) is 9.74. The Bertz CT molecular complexity index is 652. The Morgan fingerprint density at radius 3 is 2.95 bits per heavy atom. The summed E-state index contributed by atoms with van der Waals surface area (Å²) in [6.45, 7) is 2.13. The van der Waals surface area contributed by atoms with Crippen LogP contribution in [0.5, 0.6) is 5.75 Å². The molecule has 0 saturated heterocycles. The first-order valence-corrected chi connectivity index (χ1v) is 7.32. The van der Waals surface area contributed by atoms with Crippen LogP contribution in [0.4, 0.5) is 0 Å². The van der Waals surface area contributed by atoms with Crippen molar-refractivity contribution in [3.63, 3.8) is 0 Å². The summed E-state index contributed by atoms with van der Waals surface area (Å²) in [7, 11) is 0. The number of aryl methyl sites for hydroxylation is 1. The van der Waals surface area contributed by atoms with E-state index in [0.717, 1.165) is 48.6 Å². The van der Waals surface area contributed by atoms with Crippen molar-refractivity contribution in [2.75, 3.05) is 13.2 Å². The molecule has 0 aliphatic carbocycles. The minimum Gasteiger partial charge on any atom is -0.494 e. The molecule has 0 radical (unpaired) electrons. The molecule has 2 N–H and O–H groups in total. The average molecular weight is 285 g/mol. The van der Waals surface area contributed by atoms with Crippen molar-refractivity contribution in [1.29, 1.82) is 0 Å². The van der Waals surface area contributed by atoms with E-state index in [1.807, 2.05) is 30.3 Å². The number of aromatic nitrogens is 2.